The van der Waals surface area contributed by atoms with E-state index in [4.69, 9.17) is 14.2 Å². The number of ether oxygens (including phenoxy) is 3. The van der Waals surface area contributed by atoms with Gasteiger partial charge in [-0.05, 0) is 35.8 Å². The van der Waals surface area contributed by atoms with Crippen LogP contribution >= 0.6 is 0 Å². The third kappa shape index (κ3) is 3.85. The zero-order chi connectivity index (χ0) is 22.8. The Kier molecular flexibility index (Phi) is 5.77. The molecular weight excluding hydrogens is 412 g/mol. The fourth-order valence-corrected chi connectivity index (χ4v) is 5.37. The number of hydrogen-bond donors (Lipinski definition) is 0. The van der Waals surface area contributed by atoms with Gasteiger partial charge in [-0.15, -0.1) is 0 Å². The first kappa shape index (κ1) is 21.5. The highest BCUT2D eigenvalue weighted by Crippen LogP contribution is 2.61. The molecule has 3 aromatic carbocycles. The number of rotatable bonds is 7. The van der Waals surface area contributed by atoms with Crippen LogP contribution in [0.1, 0.15) is 39.7 Å². The van der Waals surface area contributed by atoms with E-state index in [1.54, 1.807) is 26.4 Å². The molecule has 0 amide bonds. The molecule has 168 valence electrons. The highest BCUT2D eigenvalue weighted by atomic mass is 16.6. The maximum Gasteiger partial charge on any atom is 0.338 e. The van der Waals surface area contributed by atoms with E-state index in [9.17, 15) is 4.79 Å². The monoisotopic (exact) mass is 440 g/mol. The van der Waals surface area contributed by atoms with Gasteiger partial charge < -0.3 is 14.2 Å². The van der Waals surface area contributed by atoms with Crippen molar-refractivity contribution in [2.75, 3.05) is 14.2 Å². The molecule has 0 heterocycles. The van der Waals surface area contributed by atoms with Crippen molar-refractivity contribution in [1.29, 1.82) is 0 Å². The molecule has 2 aliphatic rings. The van der Waals surface area contributed by atoms with E-state index in [1.165, 1.54) is 11.1 Å². The molecule has 2 aliphatic carbocycles. The summed E-state index contributed by atoms with van der Waals surface area (Å²) in [5.74, 6) is 0.631. The largest absolute Gasteiger partial charge is 0.501 e. The topological polar surface area (TPSA) is 44.8 Å². The molecule has 5 rings (SSSR count). The molecule has 0 aromatic heterocycles. The maximum absolute atomic E-state index is 12.7. The van der Waals surface area contributed by atoms with Crippen LogP contribution in [0.2, 0.25) is 0 Å². The summed E-state index contributed by atoms with van der Waals surface area (Å²) in [5, 5.41) is 0. The van der Waals surface area contributed by atoms with Crippen LogP contribution in [0, 0.1) is 5.92 Å². The van der Waals surface area contributed by atoms with Crippen molar-refractivity contribution in [3.05, 3.63) is 120 Å². The van der Waals surface area contributed by atoms with Crippen LogP contribution < -0.4 is 0 Å². The number of esters is 1. The van der Waals surface area contributed by atoms with Crippen LogP contribution in [0.15, 0.2) is 103 Å². The Balaban J connectivity index is 1.51. The van der Waals surface area contributed by atoms with Crippen molar-refractivity contribution in [2.24, 2.45) is 5.92 Å². The summed E-state index contributed by atoms with van der Waals surface area (Å²) in [4.78, 5) is 12.7. The molecule has 4 nitrogen and oxygen atoms in total. The zero-order valence-corrected chi connectivity index (χ0v) is 18.9. The van der Waals surface area contributed by atoms with E-state index >= 15 is 0 Å². The van der Waals surface area contributed by atoms with Crippen molar-refractivity contribution in [3.63, 3.8) is 0 Å². The normalized spacial score (nSPS) is 28.1. The lowest BCUT2D eigenvalue weighted by Crippen LogP contribution is -2.39. The fraction of sp³-hybridized carbons (Fsp3) is 0.276. The van der Waals surface area contributed by atoms with Gasteiger partial charge in [0.15, 0.2) is 0 Å². The van der Waals surface area contributed by atoms with Crippen molar-refractivity contribution in [1.82, 2.24) is 0 Å². The zero-order valence-electron chi connectivity index (χ0n) is 18.9. The van der Waals surface area contributed by atoms with Gasteiger partial charge in [0.05, 0.1) is 18.6 Å². The van der Waals surface area contributed by atoms with Crippen LogP contribution in [0.25, 0.3) is 0 Å². The van der Waals surface area contributed by atoms with Crippen LogP contribution in [0.3, 0.4) is 0 Å². The van der Waals surface area contributed by atoms with E-state index in [-0.39, 0.29) is 29.8 Å². The van der Waals surface area contributed by atoms with Crippen molar-refractivity contribution in [2.45, 2.75) is 30.0 Å². The number of carbonyl (C=O) groups excluding carboxylic acids is 1. The summed E-state index contributed by atoms with van der Waals surface area (Å²) in [7, 11) is 3.47. The summed E-state index contributed by atoms with van der Waals surface area (Å²) >= 11 is 0. The van der Waals surface area contributed by atoms with E-state index in [1.807, 2.05) is 30.3 Å². The number of allylic oxidation sites excluding steroid dienone is 1. The minimum absolute atomic E-state index is 0.00428. The molecule has 1 unspecified atom stereocenters. The lowest BCUT2D eigenvalue weighted by molar-refractivity contribution is -0.0216. The summed E-state index contributed by atoms with van der Waals surface area (Å²) in [5.41, 5.74) is 2.28. The van der Waals surface area contributed by atoms with E-state index in [0.29, 0.717) is 5.56 Å². The van der Waals surface area contributed by atoms with Gasteiger partial charge in [0.2, 0.25) is 0 Å². The molecule has 0 bridgehead atoms. The predicted molar refractivity (Wildman–Crippen MR) is 127 cm³/mol. The van der Waals surface area contributed by atoms with Gasteiger partial charge in [0, 0.05) is 18.9 Å². The SMILES string of the molecule is COC1=CC(OC)([C@@H]2C[C@@H]2OC(=O)c2ccccc2)[C@@H](c2ccccc2)[C@@H]1c1ccccc1. The first-order chi connectivity index (χ1) is 16.2. The Hall–Kier alpha value is -3.37. The van der Waals surface area contributed by atoms with E-state index in [2.05, 4.69) is 54.6 Å². The molecule has 0 radical (unpaired) electrons. The minimum atomic E-state index is -0.644. The fourth-order valence-electron chi connectivity index (χ4n) is 5.37. The Bertz CT molecular complexity index is 1130. The van der Waals surface area contributed by atoms with Gasteiger partial charge in [-0.2, -0.15) is 0 Å². The van der Waals surface area contributed by atoms with Gasteiger partial charge in [-0.3, -0.25) is 0 Å². The molecule has 3 aromatic rings. The molecule has 0 saturated heterocycles. The first-order valence-electron chi connectivity index (χ1n) is 11.4. The minimum Gasteiger partial charge on any atom is -0.501 e. The Morgan fingerprint density at radius 2 is 1.39 bits per heavy atom. The lowest BCUT2D eigenvalue weighted by Gasteiger charge is -2.37. The van der Waals surface area contributed by atoms with Crippen LogP contribution in [0.4, 0.5) is 0 Å². The molecule has 0 N–H and O–H groups in total. The summed E-state index contributed by atoms with van der Waals surface area (Å²) < 4.78 is 18.2. The van der Waals surface area contributed by atoms with Gasteiger partial charge in [0.25, 0.3) is 0 Å². The van der Waals surface area contributed by atoms with E-state index in [0.717, 1.165) is 12.2 Å². The Labute approximate surface area is 194 Å². The number of carbonyl (C=O) groups is 1. The second-order valence-corrected chi connectivity index (χ2v) is 8.74. The second-order valence-electron chi connectivity index (χ2n) is 8.74. The number of benzene rings is 3. The Morgan fingerprint density at radius 1 is 0.818 bits per heavy atom. The Morgan fingerprint density at radius 3 is 1.97 bits per heavy atom. The third-order valence-electron chi connectivity index (χ3n) is 6.98. The lowest BCUT2D eigenvalue weighted by atomic mass is 9.74. The number of hydrogen-bond acceptors (Lipinski definition) is 4. The maximum atomic E-state index is 12.7. The molecule has 1 saturated carbocycles. The summed E-state index contributed by atoms with van der Waals surface area (Å²) in [6, 6.07) is 30.0. The van der Waals surface area contributed by atoms with Gasteiger partial charge in [0.1, 0.15) is 17.5 Å². The van der Waals surface area contributed by atoms with Crippen molar-refractivity contribution < 1.29 is 19.0 Å². The predicted octanol–water partition coefficient (Wildman–Crippen LogP) is 5.73. The highest BCUT2D eigenvalue weighted by Gasteiger charge is 2.63. The van der Waals surface area contributed by atoms with Crippen LogP contribution in [-0.4, -0.2) is 31.9 Å². The highest BCUT2D eigenvalue weighted by molar-refractivity contribution is 5.89. The molecular formula is C29H28O4. The standard InChI is InChI=1S/C29H28O4/c1-31-25-19-29(32-2,23-18-24(23)33-28(30)22-16-10-5-11-17-22)27(21-14-8-4-9-15-21)26(25)20-12-6-3-7-13-20/h3-17,19,23-24,26-27H,18H2,1-2H3/t23-,24+,26-,27+,29?/m1/s1. The second kappa shape index (κ2) is 8.87. The van der Waals surface area contributed by atoms with Crippen molar-refractivity contribution >= 4 is 5.97 Å². The summed E-state index contributed by atoms with van der Waals surface area (Å²) in [6.45, 7) is 0. The van der Waals surface area contributed by atoms with Crippen LogP contribution in [-0.2, 0) is 14.2 Å². The van der Waals surface area contributed by atoms with Crippen LogP contribution in [0.5, 0.6) is 0 Å². The molecule has 0 spiro atoms. The van der Waals surface area contributed by atoms with Gasteiger partial charge >= 0.3 is 5.97 Å². The average molecular weight is 441 g/mol. The quantitative estimate of drug-likeness (QED) is 0.440. The molecule has 4 heteroatoms. The molecule has 1 fully saturated rings. The van der Waals surface area contributed by atoms with Crippen molar-refractivity contribution in [3.8, 4) is 0 Å². The van der Waals surface area contributed by atoms with Gasteiger partial charge in [-0.25, -0.2) is 4.79 Å². The molecule has 5 atom stereocenters. The average Bonchev–Trinajstić information content (AvgIpc) is 3.57. The smallest absolute Gasteiger partial charge is 0.338 e. The van der Waals surface area contributed by atoms with E-state index < -0.39 is 5.60 Å². The third-order valence-corrected chi connectivity index (χ3v) is 6.98. The van der Waals surface area contributed by atoms with Gasteiger partial charge in [-0.1, -0.05) is 78.9 Å². The summed E-state index contributed by atoms with van der Waals surface area (Å²) in [6.07, 6.45) is 2.68. The molecule has 33 heavy (non-hydrogen) atoms. The number of methoxy groups -OCH3 is 2. The first-order valence-corrected chi connectivity index (χ1v) is 11.4. The molecule has 0 aliphatic heterocycles.